The Bertz CT molecular complexity index is 647. The standard InChI is InChI=1S/C20H22/c1-3-4-9-16-13-17-10-7-12-19(20(17)14-16)18-11-6-5-8-15(18)2/h5-8,10-12,14H,3-4,9,13H2,1-2H3. The first-order valence-electron chi connectivity index (χ1n) is 7.67. The molecule has 0 amide bonds. The SMILES string of the molecule is CCCCC1=Cc2c(cccc2-c2ccccc2C)C1. The van der Waals surface area contributed by atoms with Gasteiger partial charge in [0.25, 0.3) is 0 Å². The van der Waals surface area contributed by atoms with Crippen molar-refractivity contribution in [2.45, 2.75) is 39.5 Å². The summed E-state index contributed by atoms with van der Waals surface area (Å²) in [4.78, 5) is 0. The lowest BCUT2D eigenvalue weighted by Gasteiger charge is -2.10. The number of rotatable bonds is 4. The van der Waals surface area contributed by atoms with Gasteiger partial charge < -0.3 is 0 Å². The van der Waals surface area contributed by atoms with Gasteiger partial charge in [-0.1, -0.05) is 67.5 Å². The third-order valence-electron chi connectivity index (χ3n) is 4.25. The third-order valence-corrected chi connectivity index (χ3v) is 4.25. The van der Waals surface area contributed by atoms with Gasteiger partial charge in [-0.15, -0.1) is 0 Å². The molecule has 0 saturated heterocycles. The highest BCUT2D eigenvalue weighted by Gasteiger charge is 2.16. The van der Waals surface area contributed by atoms with Crippen molar-refractivity contribution in [1.29, 1.82) is 0 Å². The Morgan fingerprint density at radius 1 is 0.950 bits per heavy atom. The summed E-state index contributed by atoms with van der Waals surface area (Å²) in [7, 11) is 0. The zero-order valence-electron chi connectivity index (χ0n) is 12.4. The molecule has 102 valence electrons. The molecule has 0 unspecified atom stereocenters. The van der Waals surface area contributed by atoms with Crippen molar-refractivity contribution in [1.82, 2.24) is 0 Å². The summed E-state index contributed by atoms with van der Waals surface area (Å²) in [5.74, 6) is 0. The van der Waals surface area contributed by atoms with E-state index in [9.17, 15) is 0 Å². The highest BCUT2D eigenvalue weighted by atomic mass is 14.2. The number of unbranched alkanes of at least 4 members (excludes halogenated alkanes) is 1. The maximum Gasteiger partial charge on any atom is -0.00576 e. The van der Waals surface area contributed by atoms with E-state index in [1.807, 2.05) is 0 Å². The van der Waals surface area contributed by atoms with E-state index in [1.165, 1.54) is 47.1 Å². The molecule has 0 aliphatic heterocycles. The van der Waals surface area contributed by atoms with Gasteiger partial charge in [0.15, 0.2) is 0 Å². The Labute approximate surface area is 122 Å². The Balaban J connectivity index is 2.02. The van der Waals surface area contributed by atoms with Crippen LogP contribution in [0.3, 0.4) is 0 Å². The van der Waals surface area contributed by atoms with E-state index in [-0.39, 0.29) is 0 Å². The van der Waals surface area contributed by atoms with Gasteiger partial charge in [-0.3, -0.25) is 0 Å². The summed E-state index contributed by atoms with van der Waals surface area (Å²) < 4.78 is 0. The van der Waals surface area contributed by atoms with Gasteiger partial charge >= 0.3 is 0 Å². The second-order valence-electron chi connectivity index (χ2n) is 5.78. The molecule has 0 N–H and O–H groups in total. The average Bonchev–Trinajstić information content (AvgIpc) is 2.88. The topological polar surface area (TPSA) is 0 Å². The maximum atomic E-state index is 2.44. The first-order chi connectivity index (χ1) is 9.79. The van der Waals surface area contributed by atoms with Crippen LogP contribution in [0.15, 0.2) is 48.0 Å². The molecular formula is C20H22. The Hall–Kier alpha value is -1.82. The number of allylic oxidation sites excluding steroid dienone is 1. The van der Waals surface area contributed by atoms with Crippen LogP contribution < -0.4 is 0 Å². The average molecular weight is 262 g/mol. The van der Waals surface area contributed by atoms with Crippen molar-refractivity contribution in [2.24, 2.45) is 0 Å². The molecule has 0 saturated carbocycles. The number of hydrogen-bond donors (Lipinski definition) is 0. The molecule has 0 radical (unpaired) electrons. The van der Waals surface area contributed by atoms with Crippen LogP contribution in [-0.2, 0) is 6.42 Å². The summed E-state index contributed by atoms with van der Waals surface area (Å²) in [6.07, 6.45) is 7.41. The summed E-state index contributed by atoms with van der Waals surface area (Å²) in [6, 6.07) is 15.4. The zero-order valence-corrected chi connectivity index (χ0v) is 12.4. The molecule has 0 fully saturated rings. The fraction of sp³-hybridized carbons (Fsp3) is 0.300. The highest BCUT2D eigenvalue weighted by molar-refractivity contribution is 5.82. The lowest BCUT2D eigenvalue weighted by molar-refractivity contribution is 0.779. The summed E-state index contributed by atoms with van der Waals surface area (Å²) in [5, 5.41) is 0. The van der Waals surface area contributed by atoms with Crippen molar-refractivity contribution in [3.05, 3.63) is 64.7 Å². The molecule has 20 heavy (non-hydrogen) atoms. The lowest BCUT2D eigenvalue weighted by Crippen LogP contribution is -1.89. The molecule has 1 aliphatic rings. The second-order valence-corrected chi connectivity index (χ2v) is 5.78. The van der Waals surface area contributed by atoms with E-state index in [0.717, 1.165) is 6.42 Å². The van der Waals surface area contributed by atoms with Crippen LogP contribution in [0.2, 0.25) is 0 Å². The minimum Gasteiger partial charge on any atom is -0.0654 e. The number of fused-ring (bicyclic) bond motifs is 1. The van der Waals surface area contributed by atoms with Crippen molar-refractivity contribution in [3.63, 3.8) is 0 Å². The molecule has 1 aliphatic carbocycles. The molecule has 0 spiro atoms. The predicted molar refractivity (Wildman–Crippen MR) is 87.8 cm³/mol. The lowest BCUT2D eigenvalue weighted by atomic mass is 9.94. The van der Waals surface area contributed by atoms with Crippen LogP contribution in [0, 0.1) is 6.92 Å². The van der Waals surface area contributed by atoms with Crippen molar-refractivity contribution in [3.8, 4) is 11.1 Å². The molecule has 0 aromatic heterocycles. The zero-order chi connectivity index (χ0) is 13.9. The number of aryl methyl sites for hydroxylation is 1. The molecule has 3 rings (SSSR count). The van der Waals surface area contributed by atoms with Gasteiger partial charge in [0.05, 0.1) is 0 Å². The Kier molecular flexibility index (Phi) is 3.73. The van der Waals surface area contributed by atoms with Crippen molar-refractivity contribution in [2.75, 3.05) is 0 Å². The Morgan fingerprint density at radius 3 is 2.55 bits per heavy atom. The van der Waals surface area contributed by atoms with Gasteiger partial charge in [-0.05, 0) is 54.0 Å². The number of hydrogen-bond acceptors (Lipinski definition) is 0. The maximum absolute atomic E-state index is 2.44. The third kappa shape index (κ3) is 2.43. The fourth-order valence-corrected chi connectivity index (χ4v) is 3.11. The number of benzene rings is 2. The smallest absolute Gasteiger partial charge is 0.00576 e. The van der Waals surface area contributed by atoms with Gasteiger partial charge in [0.2, 0.25) is 0 Å². The molecular weight excluding hydrogens is 240 g/mol. The molecule has 2 aromatic rings. The van der Waals surface area contributed by atoms with Crippen LogP contribution in [0.25, 0.3) is 17.2 Å². The van der Waals surface area contributed by atoms with Gasteiger partial charge in [0.1, 0.15) is 0 Å². The van der Waals surface area contributed by atoms with Crippen molar-refractivity contribution < 1.29 is 0 Å². The quantitative estimate of drug-likeness (QED) is 0.654. The molecule has 0 atom stereocenters. The first-order valence-corrected chi connectivity index (χ1v) is 7.67. The monoisotopic (exact) mass is 262 g/mol. The van der Waals surface area contributed by atoms with E-state index in [4.69, 9.17) is 0 Å². The van der Waals surface area contributed by atoms with E-state index in [1.54, 1.807) is 5.57 Å². The highest BCUT2D eigenvalue weighted by Crippen LogP contribution is 2.36. The molecule has 0 nitrogen and oxygen atoms in total. The van der Waals surface area contributed by atoms with Crippen LogP contribution in [0.5, 0.6) is 0 Å². The normalized spacial score (nSPS) is 13.2. The minimum absolute atomic E-state index is 1.15. The molecule has 0 heteroatoms. The second kappa shape index (κ2) is 5.66. The molecule has 0 heterocycles. The predicted octanol–water partition coefficient (Wildman–Crippen LogP) is 5.79. The van der Waals surface area contributed by atoms with E-state index < -0.39 is 0 Å². The fourth-order valence-electron chi connectivity index (χ4n) is 3.11. The van der Waals surface area contributed by atoms with Crippen LogP contribution in [0.4, 0.5) is 0 Å². The minimum atomic E-state index is 1.15. The van der Waals surface area contributed by atoms with Gasteiger partial charge in [0, 0.05) is 0 Å². The van der Waals surface area contributed by atoms with E-state index in [2.05, 4.69) is 62.4 Å². The van der Waals surface area contributed by atoms with E-state index in [0.29, 0.717) is 0 Å². The first kappa shape index (κ1) is 13.2. The van der Waals surface area contributed by atoms with Crippen LogP contribution in [-0.4, -0.2) is 0 Å². The van der Waals surface area contributed by atoms with E-state index >= 15 is 0 Å². The van der Waals surface area contributed by atoms with Crippen LogP contribution >= 0.6 is 0 Å². The van der Waals surface area contributed by atoms with Gasteiger partial charge in [-0.2, -0.15) is 0 Å². The largest absolute Gasteiger partial charge is 0.0654 e. The van der Waals surface area contributed by atoms with Crippen molar-refractivity contribution >= 4 is 6.08 Å². The summed E-state index contributed by atoms with van der Waals surface area (Å²) >= 11 is 0. The summed E-state index contributed by atoms with van der Waals surface area (Å²) in [6.45, 7) is 4.47. The summed E-state index contributed by atoms with van der Waals surface area (Å²) in [5.41, 5.74) is 8.67. The van der Waals surface area contributed by atoms with Crippen LogP contribution in [0.1, 0.15) is 42.9 Å². The van der Waals surface area contributed by atoms with Gasteiger partial charge in [-0.25, -0.2) is 0 Å². The Morgan fingerprint density at radius 2 is 1.75 bits per heavy atom. The molecule has 2 aromatic carbocycles. The molecule has 0 bridgehead atoms.